The number of halogens is 2. The van der Waals surface area contributed by atoms with Gasteiger partial charge in [0.25, 0.3) is 0 Å². The fourth-order valence-corrected chi connectivity index (χ4v) is 3.60. The van der Waals surface area contributed by atoms with Crippen molar-refractivity contribution >= 4 is 10.8 Å². The summed E-state index contributed by atoms with van der Waals surface area (Å²) >= 11 is 0. The molecule has 0 saturated heterocycles. The van der Waals surface area contributed by atoms with Gasteiger partial charge in [-0.3, -0.25) is 0 Å². The molecule has 28 heavy (non-hydrogen) atoms. The molecule has 0 aliphatic heterocycles. The van der Waals surface area contributed by atoms with Gasteiger partial charge in [-0.1, -0.05) is 89.3 Å². The molecule has 0 aromatic heterocycles. The van der Waals surface area contributed by atoms with Gasteiger partial charge in [0.2, 0.25) is 0 Å². The van der Waals surface area contributed by atoms with E-state index in [4.69, 9.17) is 0 Å². The van der Waals surface area contributed by atoms with Crippen molar-refractivity contribution in [3.8, 4) is 11.1 Å². The van der Waals surface area contributed by atoms with E-state index in [1.807, 2.05) is 0 Å². The van der Waals surface area contributed by atoms with E-state index in [0.29, 0.717) is 0 Å². The van der Waals surface area contributed by atoms with Gasteiger partial charge in [0.1, 0.15) is 0 Å². The number of unbranched alkanes of at least 4 members (excludes halogenated alkanes) is 3. The number of benzene rings is 2. The number of hydrogen-bond acceptors (Lipinski definition) is 0. The summed E-state index contributed by atoms with van der Waals surface area (Å²) in [5.74, 6) is 0. The molecule has 0 fully saturated rings. The summed E-state index contributed by atoms with van der Waals surface area (Å²) in [6.45, 7) is 9.08. The third-order valence-electron chi connectivity index (χ3n) is 5.19. The zero-order valence-corrected chi connectivity index (χ0v) is 21.5. The summed E-state index contributed by atoms with van der Waals surface area (Å²) in [7, 11) is 0. The van der Waals surface area contributed by atoms with Gasteiger partial charge < -0.3 is 24.8 Å². The van der Waals surface area contributed by atoms with Crippen LogP contribution in [0.25, 0.3) is 21.9 Å². The monoisotopic (exact) mass is 491 g/mol. The van der Waals surface area contributed by atoms with Crippen LogP contribution in [0.5, 0.6) is 0 Å². The van der Waals surface area contributed by atoms with Gasteiger partial charge in [0.05, 0.1) is 0 Å². The quantitative estimate of drug-likeness (QED) is 0.362. The van der Waals surface area contributed by atoms with E-state index in [0.717, 1.165) is 0 Å². The predicted molar refractivity (Wildman–Crippen MR) is 112 cm³/mol. The summed E-state index contributed by atoms with van der Waals surface area (Å²) < 4.78 is 0. The molecule has 0 saturated carbocycles. The maximum absolute atomic E-state index is 2.41. The van der Waals surface area contributed by atoms with Gasteiger partial charge in [-0.25, -0.2) is 0 Å². The van der Waals surface area contributed by atoms with Gasteiger partial charge in [-0.05, 0) is 23.0 Å². The smallest absolute Gasteiger partial charge is 1.00 e. The van der Waals surface area contributed by atoms with E-state index < -0.39 is 0 Å². The first-order valence-corrected chi connectivity index (χ1v) is 9.78. The minimum atomic E-state index is 0. The van der Waals surface area contributed by atoms with Gasteiger partial charge in [0.15, 0.2) is 0 Å². The first-order chi connectivity index (χ1) is 12.0. The molecule has 0 nitrogen and oxygen atoms in total. The molecule has 0 unspecified atom stereocenters. The largest absolute Gasteiger partial charge is 3.00 e. The maximum atomic E-state index is 2.41. The summed E-state index contributed by atoms with van der Waals surface area (Å²) in [6.07, 6.45) is 6.51. The molecule has 0 heterocycles. The normalized spacial score (nSPS) is 10.7. The number of aryl methyl sites for hydroxylation is 1. The average molecular weight is 494 g/mol. The Bertz CT molecular complexity index is 826. The second-order valence-corrected chi connectivity index (χ2v) is 8.31. The molecular weight excluding hydrogens is 462 g/mol. The summed E-state index contributed by atoms with van der Waals surface area (Å²) in [5, 5.41) is 2.78. The molecule has 3 aromatic carbocycles. The van der Waals surface area contributed by atoms with Gasteiger partial charge in [-0.2, -0.15) is 6.07 Å². The molecule has 149 valence electrons. The molecular formula is C25H31Cl2Zr. The Morgan fingerprint density at radius 1 is 0.857 bits per heavy atom. The van der Waals surface area contributed by atoms with Crippen molar-refractivity contribution in [3.05, 3.63) is 65.7 Å². The van der Waals surface area contributed by atoms with E-state index in [2.05, 4.69) is 82.3 Å². The van der Waals surface area contributed by atoms with E-state index >= 15 is 0 Å². The third kappa shape index (κ3) is 6.79. The van der Waals surface area contributed by atoms with Crippen molar-refractivity contribution in [2.45, 2.75) is 65.2 Å². The topological polar surface area (TPSA) is 0 Å². The van der Waals surface area contributed by atoms with Gasteiger partial charge >= 0.3 is 26.2 Å². The SMILES string of the molecule is CCCCCCc1cc2c(-c3ccc(C(C)(C)C)cc3)cccc2[cH-]1.[Cl-].[Cl-].[Zr+3]. The van der Waals surface area contributed by atoms with Crippen LogP contribution in [0.15, 0.2) is 54.6 Å². The summed E-state index contributed by atoms with van der Waals surface area (Å²) in [4.78, 5) is 0. The first kappa shape index (κ1) is 27.5. The number of hydrogen-bond donors (Lipinski definition) is 0. The van der Waals surface area contributed by atoms with Crippen LogP contribution >= 0.6 is 0 Å². The molecule has 3 rings (SSSR count). The van der Waals surface area contributed by atoms with Crippen molar-refractivity contribution < 1.29 is 51.0 Å². The second-order valence-electron chi connectivity index (χ2n) is 8.31. The van der Waals surface area contributed by atoms with Crippen LogP contribution in [-0.4, -0.2) is 0 Å². The standard InChI is InChI=1S/C25H31.2ClH.Zr/c1-5-6-7-8-10-19-17-21-11-9-12-23(24(21)18-19)20-13-15-22(16-14-20)25(2,3)4;;;/h9,11-18H,5-8,10H2,1-4H3;2*1H;/q-1;;;+3/p-2. The van der Waals surface area contributed by atoms with Crippen LogP contribution in [0.4, 0.5) is 0 Å². The Labute approximate surface area is 202 Å². The Morgan fingerprint density at radius 3 is 2.14 bits per heavy atom. The molecule has 0 spiro atoms. The van der Waals surface area contributed by atoms with Crippen molar-refractivity contribution in [3.63, 3.8) is 0 Å². The Kier molecular flexibility index (Phi) is 12.1. The van der Waals surface area contributed by atoms with E-state index in [9.17, 15) is 0 Å². The zero-order chi connectivity index (χ0) is 17.9. The van der Waals surface area contributed by atoms with E-state index in [1.165, 1.54) is 65.1 Å². The minimum Gasteiger partial charge on any atom is -1.00 e. The third-order valence-corrected chi connectivity index (χ3v) is 5.19. The molecule has 1 radical (unpaired) electrons. The van der Waals surface area contributed by atoms with Crippen LogP contribution in [-0.2, 0) is 38.0 Å². The van der Waals surface area contributed by atoms with Crippen LogP contribution in [0.3, 0.4) is 0 Å². The van der Waals surface area contributed by atoms with E-state index in [1.54, 1.807) is 0 Å². The number of rotatable bonds is 6. The summed E-state index contributed by atoms with van der Waals surface area (Å²) in [5.41, 5.74) is 5.77. The molecule has 0 atom stereocenters. The maximum Gasteiger partial charge on any atom is 3.00 e. The van der Waals surface area contributed by atoms with Crippen LogP contribution in [0, 0.1) is 0 Å². The molecule has 3 heteroatoms. The fourth-order valence-electron chi connectivity index (χ4n) is 3.60. The van der Waals surface area contributed by atoms with Crippen molar-refractivity contribution in [2.24, 2.45) is 0 Å². The molecule has 0 aliphatic carbocycles. The molecule has 0 N–H and O–H groups in total. The minimum absolute atomic E-state index is 0. The average Bonchev–Trinajstić information content (AvgIpc) is 3.01. The van der Waals surface area contributed by atoms with Crippen molar-refractivity contribution in [2.75, 3.05) is 0 Å². The second kappa shape index (κ2) is 12.3. The molecule has 0 aliphatic rings. The molecule has 3 aromatic rings. The zero-order valence-electron chi connectivity index (χ0n) is 17.5. The summed E-state index contributed by atoms with van der Waals surface area (Å²) in [6, 6.07) is 20.6. The van der Waals surface area contributed by atoms with Crippen LogP contribution < -0.4 is 24.8 Å². The first-order valence-electron chi connectivity index (χ1n) is 9.78. The Morgan fingerprint density at radius 2 is 1.54 bits per heavy atom. The van der Waals surface area contributed by atoms with Crippen molar-refractivity contribution in [1.82, 2.24) is 0 Å². The van der Waals surface area contributed by atoms with Crippen LogP contribution in [0.1, 0.15) is 64.5 Å². The van der Waals surface area contributed by atoms with Gasteiger partial charge in [0, 0.05) is 0 Å². The Balaban J connectivity index is 0.00000243. The number of fused-ring (bicyclic) bond motifs is 1. The van der Waals surface area contributed by atoms with E-state index in [-0.39, 0.29) is 56.4 Å². The predicted octanol–water partition coefficient (Wildman–Crippen LogP) is 1.65. The molecule has 0 amide bonds. The van der Waals surface area contributed by atoms with Crippen molar-refractivity contribution in [1.29, 1.82) is 0 Å². The molecule has 0 bridgehead atoms. The Hall–Kier alpha value is -0.487. The fraction of sp³-hybridized carbons (Fsp3) is 0.400. The van der Waals surface area contributed by atoms with Crippen LogP contribution in [0.2, 0.25) is 0 Å². The van der Waals surface area contributed by atoms with Gasteiger partial charge in [-0.15, -0.1) is 34.5 Å².